The molecule has 3 rings (SSSR count). The van der Waals surface area contributed by atoms with Crippen molar-refractivity contribution in [1.29, 1.82) is 0 Å². The van der Waals surface area contributed by atoms with Crippen molar-refractivity contribution >= 4 is 22.8 Å². The van der Waals surface area contributed by atoms with Crippen LogP contribution in [0.15, 0.2) is 47.4 Å². The van der Waals surface area contributed by atoms with E-state index in [1.807, 2.05) is 13.8 Å². The monoisotopic (exact) mass is 583 g/mol. The van der Waals surface area contributed by atoms with Gasteiger partial charge in [0, 0.05) is 4.90 Å². The molecule has 0 atom stereocenters. The number of aromatic nitrogens is 1. The van der Waals surface area contributed by atoms with Crippen molar-refractivity contribution in [2.75, 3.05) is 0 Å². The number of thioether (sulfide) groups is 1. The van der Waals surface area contributed by atoms with Gasteiger partial charge in [0.2, 0.25) is 5.12 Å². The van der Waals surface area contributed by atoms with Crippen molar-refractivity contribution in [3.8, 4) is 0 Å². The van der Waals surface area contributed by atoms with E-state index in [1.54, 1.807) is 44.2 Å². The van der Waals surface area contributed by atoms with Crippen LogP contribution in [0.5, 0.6) is 0 Å². The minimum Gasteiger partial charge on any atom is -0.478 e. The first-order valence-electron chi connectivity index (χ1n) is 12.3. The molecule has 1 heterocycles. The highest BCUT2D eigenvalue weighted by molar-refractivity contribution is 8.14. The Hall–Kier alpha value is -3.34. The van der Waals surface area contributed by atoms with Gasteiger partial charge in [0.05, 0.1) is 11.1 Å². The van der Waals surface area contributed by atoms with Crippen LogP contribution in [0.3, 0.4) is 0 Å². The van der Waals surface area contributed by atoms with E-state index in [4.69, 9.17) is 0 Å². The zero-order valence-electron chi connectivity index (χ0n) is 22.1. The molecule has 0 amide bonds. The number of hydrogen-bond acceptors (Lipinski definition) is 4. The van der Waals surface area contributed by atoms with Crippen molar-refractivity contribution < 1.29 is 41.0 Å². The molecule has 4 nitrogen and oxygen atoms in total. The summed E-state index contributed by atoms with van der Waals surface area (Å²) in [4.78, 5) is 28.9. The lowest BCUT2D eigenvalue weighted by molar-refractivity contribution is -0.141. The van der Waals surface area contributed by atoms with Crippen LogP contribution in [0.25, 0.3) is 0 Å². The number of carboxylic acid groups (broad SMARTS) is 1. The smallest absolute Gasteiger partial charge is 0.434 e. The fourth-order valence-corrected chi connectivity index (χ4v) is 5.18. The largest absolute Gasteiger partial charge is 0.478 e. The van der Waals surface area contributed by atoms with Gasteiger partial charge in [-0.15, -0.1) is 0 Å². The van der Waals surface area contributed by atoms with Crippen LogP contribution >= 0.6 is 11.8 Å². The van der Waals surface area contributed by atoms with E-state index >= 15 is 0 Å². The highest BCUT2D eigenvalue weighted by Gasteiger charge is 2.42. The quantitative estimate of drug-likeness (QED) is 0.202. The molecule has 0 radical (unpaired) electrons. The number of pyridine rings is 1. The molecule has 0 bridgehead atoms. The van der Waals surface area contributed by atoms with Gasteiger partial charge in [-0.1, -0.05) is 52.0 Å². The average Bonchev–Trinajstić information content (AvgIpc) is 2.84. The third-order valence-electron chi connectivity index (χ3n) is 6.10. The summed E-state index contributed by atoms with van der Waals surface area (Å²) in [6.45, 7) is 7.00. The molecular formula is C29H27F6NO3S. The van der Waals surface area contributed by atoms with Gasteiger partial charge in [-0.05, 0) is 76.9 Å². The molecule has 0 saturated heterocycles. The number of aromatic carboxylic acids is 1. The van der Waals surface area contributed by atoms with Crippen molar-refractivity contribution in [3.63, 3.8) is 0 Å². The zero-order valence-corrected chi connectivity index (χ0v) is 22.9. The molecule has 0 saturated carbocycles. The molecule has 1 aromatic heterocycles. The summed E-state index contributed by atoms with van der Waals surface area (Å²) in [5, 5.41) is 8.54. The Morgan fingerprint density at radius 2 is 1.60 bits per heavy atom. The van der Waals surface area contributed by atoms with Crippen LogP contribution in [-0.4, -0.2) is 21.2 Å². The second-order valence-corrected chi connectivity index (χ2v) is 11.0. The normalized spacial score (nSPS) is 12.0. The Morgan fingerprint density at radius 1 is 0.975 bits per heavy atom. The Morgan fingerprint density at radius 3 is 2.10 bits per heavy atom. The van der Waals surface area contributed by atoms with E-state index < -0.39 is 63.5 Å². The summed E-state index contributed by atoms with van der Waals surface area (Å²) in [5.41, 5.74) is -4.00. The van der Waals surface area contributed by atoms with Gasteiger partial charge in [0.25, 0.3) is 6.43 Å². The SMILES string of the molecule is CC(C)Cc1c(C(=O)O)c(C(F)F)nc(C(F)(F)F)c1C(=O)Sc1ccc(C(C)C)cc1Cc1ccc(F)cc1. The Kier molecular flexibility index (Phi) is 9.71. The second kappa shape index (κ2) is 12.4. The van der Waals surface area contributed by atoms with Crippen LogP contribution in [0.2, 0.25) is 0 Å². The van der Waals surface area contributed by atoms with Crippen LogP contribution < -0.4 is 0 Å². The van der Waals surface area contributed by atoms with Crippen molar-refractivity contribution in [1.82, 2.24) is 4.98 Å². The number of nitrogens with zero attached hydrogens (tertiary/aromatic N) is 1. The topological polar surface area (TPSA) is 67.3 Å². The summed E-state index contributed by atoms with van der Waals surface area (Å²) in [7, 11) is 0. The Bertz CT molecular complexity index is 1400. The number of carboxylic acids is 1. The van der Waals surface area contributed by atoms with Crippen molar-refractivity contribution in [3.05, 3.63) is 93.1 Å². The highest BCUT2D eigenvalue weighted by atomic mass is 32.2. The van der Waals surface area contributed by atoms with Gasteiger partial charge in [-0.2, -0.15) is 13.2 Å². The van der Waals surface area contributed by atoms with Crippen LogP contribution in [0.4, 0.5) is 26.3 Å². The molecule has 1 N–H and O–H groups in total. The lowest BCUT2D eigenvalue weighted by Crippen LogP contribution is -2.23. The van der Waals surface area contributed by atoms with Crippen molar-refractivity contribution in [2.24, 2.45) is 5.92 Å². The summed E-state index contributed by atoms with van der Waals surface area (Å²) < 4.78 is 83.3. The first-order valence-corrected chi connectivity index (χ1v) is 13.2. The number of hydrogen-bond donors (Lipinski definition) is 1. The maximum Gasteiger partial charge on any atom is 0.434 e. The van der Waals surface area contributed by atoms with Gasteiger partial charge in [0.15, 0.2) is 5.69 Å². The van der Waals surface area contributed by atoms with E-state index in [2.05, 4.69) is 4.98 Å². The molecule has 0 aliphatic rings. The molecule has 2 aromatic carbocycles. The van der Waals surface area contributed by atoms with Gasteiger partial charge < -0.3 is 5.11 Å². The molecule has 0 spiro atoms. The van der Waals surface area contributed by atoms with Crippen molar-refractivity contribution in [2.45, 2.75) is 64.0 Å². The van der Waals surface area contributed by atoms with Crippen LogP contribution in [0.1, 0.15) is 94.4 Å². The fraction of sp³-hybridized carbons (Fsp3) is 0.345. The van der Waals surface area contributed by atoms with E-state index in [0.29, 0.717) is 22.9 Å². The highest BCUT2D eigenvalue weighted by Crippen LogP contribution is 2.41. The third kappa shape index (κ3) is 7.24. The third-order valence-corrected chi connectivity index (χ3v) is 7.10. The van der Waals surface area contributed by atoms with Crippen LogP contribution in [0, 0.1) is 11.7 Å². The van der Waals surface area contributed by atoms with E-state index in [9.17, 15) is 41.0 Å². The molecule has 214 valence electrons. The molecule has 11 heteroatoms. The summed E-state index contributed by atoms with van der Waals surface area (Å²) >= 11 is 0.439. The second-order valence-electron chi connectivity index (χ2n) is 9.99. The minimum absolute atomic E-state index is 0.0837. The van der Waals surface area contributed by atoms with Gasteiger partial charge in [-0.3, -0.25) is 4.79 Å². The van der Waals surface area contributed by atoms with E-state index in [1.165, 1.54) is 12.1 Å². The Balaban J connectivity index is 2.23. The minimum atomic E-state index is -5.31. The number of carbonyl (C=O) groups excluding carboxylic acids is 1. The number of benzene rings is 2. The summed E-state index contributed by atoms with van der Waals surface area (Å²) in [6, 6.07) is 10.7. The number of halogens is 6. The van der Waals surface area contributed by atoms with Crippen LogP contribution in [-0.2, 0) is 19.0 Å². The molecule has 0 unspecified atom stereocenters. The maximum atomic E-state index is 14.1. The summed E-state index contributed by atoms with van der Waals surface area (Å²) in [5.74, 6) is -2.73. The average molecular weight is 584 g/mol. The summed E-state index contributed by atoms with van der Waals surface area (Å²) in [6.07, 6.45) is -9.06. The Labute approximate surface area is 231 Å². The molecule has 0 fully saturated rings. The maximum absolute atomic E-state index is 14.1. The predicted molar refractivity (Wildman–Crippen MR) is 140 cm³/mol. The lowest BCUT2D eigenvalue weighted by Gasteiger charge is -2.21. The fourth-order valence-electron chi connectivity index (χ4n) is 4.26. The zero-order chi connectivity index (χ0) is 29.9. The predicted octanol–water partition coefficient (Wildman–Crippen LogP) is 8.72. The molecule has 0 aliphatic carbocycles. The molecular weight excluding hydrogens is 556 g/mol. The molecule has 3 aromatic rings. The molecule has 40 heavy (non-hydrogen) atoms. The number of rotatable bonds is 9. The standard InChI is InChI=1S/C29H27F6NO3S/c1-14(2)11-20-22(27(37)38)24(26(31)32)36-25(29(33,34)35)23(20)28(39)40-21-10-7-17(15(3)4)13-18(21)12-16-5-8-19(30)9-6-16/h5-10,13-15,26H,11-12H2,1-4H3,(H,37,38). The number of alkyl halides is 5. The first-order chi connectivity index (χ1) is 18.6. The first kappa shape index (κ1) is 31.2. The van der Waals surface area contributed by atoms with Gasteiger partial charge in [0.1, 0.15) is 11.5 Å². The van der Waals surface area contributed by atoms with E-state index in [-0.39, 0.29) is 23.7 Å². The lowest BCUT2D eigenvalue weighted by atomic mass is 9.91. The van der Waals surface area contributed by atoms with Gasteiger partial charge in [-0.25, -0.2) is 22.9 Å². The molecule has 0 aliphatic heterocycles. The van der Waals surface area contributed by atoms with E-state index in [0.717, 1.165) is 5.56 Å². The number of carbonyl (C=O) groups is 2. The van der Waals surface area contributed by atoms with Gasteiger partial charge >= 0.3 is 12.1 Å².